The van der Waals surface area contributed by atoms with Crippen LogP contribution in [-0.2, 0) is 27.3 Å². The van der Waals surface area contributed by atoms with Crippen molar-refractivity contribution in [1.82, 2.24) is 0 Å². The lowest BCUT2D eigenvalue weighted by atomic mass is 9.63. The van der Waals surface area contributed by atoms with Crippen LogP contribution in [0.25, 0.3) is 0 Å². The van der Waals surface area contributed by atoms with E-state index in [1.165, 1.54) is 0 Å². The molecule has 0 aliphatic rings. The van der Waals surface area contributed by atoms with Gasteiger partial charge in [0.1, 0.15) is 5.60 Å². The average molecular weight is 513 g/mol. The van der Waals surface area contributed by atoms with Gasteiger partial charge in [0.15, 0.2) is 0 Å². The summed E-state index contributed by atoms with van der Waals surface area (Å²) in [6.45, 7) is 23.8. The first-order valence-electron chi connectivity index (χ1n) is 13.4. The van der Waals surface area contributed by atoms with E-state index in [4.69, 9.17) is 0 Å². The van der Waals surface area contributed by atoms with Gasteiger partial charge in [-0.2, -0.15) is 0 Å². The van der Waals surface area contributed by atoms with Gasteiger partial charge in [0, 0.05) is 0 Å². The standard InChI is InChI=1S/C33H52O4/c1-28(2,3)22-13-23(29(4,5)6)16-26(15-22)33(37,32(19-34,20-35)21-36)27-17-24(30(7,8)9)14-25(18-27)31(10,11)12/h13-18,34-37H,19-21H2,1-12H3. The minimum absolute atomic E-state index is 0.207. The highest BCUT2D eigenvalue weighted by Crippen LogP contribution is 2.48. The van der Waals surface area contributed by atoms with E-state index in [2.05, 4.69) is 95.2 Å². The number of hydrogen-bond acceptors (Lipinski definition) is 4. The highest BCUT2D eigenvalue weighted by Gasteiger charge is 2.53. The molecule has 0 amide bonds. The zero-order chi connectivity index (χ0) is 28.8. The molecule has 4 nitrogen and oxygen atoms in total. The Morgan fingerprint density at radius 3 is 0.757 bits per heavy atom. The summed E-state index contributed by atoms with van der Waals surface area (Å²) in [5.41, 5.74) is 0.972. The van der Waals surface area contributed by atoms with Gasteiger partial charge in [-0.15, -0.1) is 0 Å². The molecule has 0 aliphatic carbocycles. The molecule has 4 heteroatoms. The van der Waals surface area contributed by atoms with Gasteiger partial charge in [-0.3, -0.25) is 0 Å². The van der Waals surface area contributed by atoms with Crippen molar-refractivity contribution in [3.63, 3.8) is 0 Å². The van der Waals surface area contributed by atoms with E-state index in [0.717, 1.165) is 22.3 Å². The Bertz CT molecular complexity index is 933. The number of aliphatic hydroxyl groups excluding tert-OH is 3. The Morgan fingerprint density at radius 2 is 0.595 bits per heavy atom. The Balaban J connectivity index is 3.19. The van der Waals surface area contributed by atoms with Crippen molar-refractivity contribution in [2.45, 2.75) is 110 Å². The van der Waals surface area contributed by atoms with Crippen LogP contribution in [0, 0.1) is 5.41 Å². The zero-order valence-electron chi connectivity index (χ0n) is 25.4. The normalized spacial score (nSPS) is 14.3. The van der Waals surface area contributed by atoms with E-state index in [0.29, 0.717) is 11.1 Å². The lowest BCUT2D eigenvalue weighted by Crippen LogP contribution is -2.54. The van der Waals surface area contributed by atoms with Gasteiger partial charge in [-0.25, -0.2) is 0 Å². The molecule has 4 N–H and O–H groups in total. The summed E-state index contributed by atoms with van der Waals surface area (Å²) in [7, 11) is 0. The summed E-state index contributed by atoms with van der Waals surface area (Å²) >= 11 is 0. The largest absolute Gasteiger partial charge is 0.395 e. The summed E-state index contributed by atoms with van der Waals surface area (Å²) in [6.07, 6.45) is 0. The Morgan fingerprint density at radius 1 is 0.405 bits per heavy atom. The van der Waals surface area contributed by atoms with Crippen molar-refractivity contribution in [1.29, 1.82) is 0 Å². The second kappa shape index (κ2) is 10.1. The Hall–Kier alpha value is -1.72. The predicted octanol–water partition coefficient (Wildman–Crippen LogP) is 6.08. The van der Waals surface area contributed by atoms with Crippen LogP contribution in [0.2, 0.25) is 0 Å². The van der Waals surface area contributed by atoms with Gasteiger partial charge in [0.05, 0.1) is 25.2 Å². The molecule has 0 aromatic heterocycles. The first-order chi connectivity index (χ1) is 16.6. The summed E-state index contributed by atoms with van der Waals surface area (Å²) in [5.74, 6) is 0. The lowest BCUT2D eigenvalue weighted by Gasteiger charge is -2.46. The third-order valence-corrected chi connectivity index (χ3v) is 7.84. The molecule has 0 unspecified atom stereocenters. The molecule has 2 aromatic carbocycles. The third kappa shape index (κ3) is 6.14. The Labute approximate surface area is 225 Å². The SMILES string of the molecule is CC(C)(C)c1cc(C(C)(C)C)cc(C(O)(c2cc(C(C)(C)C)cc(C(C)(C)C)c2)C(CO)(CO)CO)c1. The molecule has 0 spiro atoms. The van der Waals surface area contributed by atoms with Crippen LogP contribution in [0.1, 0.15) is 116 Å². The van der Waals surface area contributed by atoms with E-state index < -0.39 is 30.8 Å². The maximum atomic E-state index is 12.9. The van der Waals surface area contributed by atoms with Crippen molar-refractivity contribution in [3.05, 3.63) is 69.8 Å². The van der Waals surface area contributed by atoms with E-state index >= 15 is 0 Å². The van der Waals surface area contributed by atoms with Crippen molar-refractivity contribution in [2.75, 3.05) is 19.8 Å². The quantitative estimate of drug-likeness (QED) is 0.378. The van der Waals surface area contributed by atoms with Crippen LogP contribution in [-0.4, -0.2) is 40.2 Å². The van der Waals surface area contributed by atoms with E-state index in [1.54, 1.807) is 0 Å². The Kier molecular flexibility index (Phi) is 8.61. The molecule has 0 fully saturated rings. The molecule has 208 valence electrons. The lowest BCUT2D eigenvalue weighted by molar-refractivity contribution is -0.136. The fourth-order valence-electron chi connectivity index (χ4n) is 4.68. The summed E-state index contributed by atoms with van der Waals surface area (Å²) in [6, 6.07) is 12.3. The van der Waals surface area contributed by atoms with Crippen molar-refractivity contribution in [2.24, 2.45) is 5.41 Å². The van der Waals surface area contributed by atoms with Crippen LogP contribution in [0.4, 0.5) is 0 Å². The maximum Gasteiger partial charge on any atom is 0.127 e. The smallest absolute Gasteiger partial charge is 0.127 e. The van der Waals surface area contributed by atoms with E-state index in [9.17, 15) is 20.4 Å². The summed E-state index contributed by atoms with van der Waals surface area (Å²) in [4.78, 5) is 0. The molecule has 0 radical (unpaired) electrons. The second-order valence-corrected chi connectivity index (χ2v) is 15.1. The molecule has 0 aliphatic heterocycles. The van der Waals surface area contributed by atoms with Gasteiger partial charge < -0.3 is 20.4 Å². The first kappa shape index (κ1) is 31.5. The van der Waals surface area contributed by atoms with Gasteiger partial charge in [-0.05, 0) is 55.0 Å². The fourth-order valence-corrected chi connectivity index (χ4v) is 4.68. The molecular formula is C33H52O4. The first-order valence-corrected chi connectivity index (χ1v) is 13.4. The molecule has 0 heterocycles. The minimum atomic E-state index is -1.87. The van der Waals surface area contributed by atoms with Crippen LogP contribution >= 0.6 is 0 Å². The maximum absolute atomic E-state index is 12.9. The molecule has 37 heavy (non-hydrogen) atoms. The molecule has 2 rings (SSSR count). The van der Waals surface area contributed by atoms with Crippen molar-refractivity contribution >= 4 is 0 Å². The molecular weight excluding hydrogens is 460 g/mol. The predicted molar refractivity (Wildman–Crippen MR) is 154 cm³/mol. The topological polar surface area (TPSA) is 80.9 Å². The fraction of sp³-hybridized carbons (Fsp3) is 0.636. The summed E-state index contributed by atoms with van der Waals surface area (Å²) < 4.78 is 0. The minimum Gasteiger partial charge on any atom is -0.395 e. The third-order valence-electron chi connectivity index (χ3n) is 7.84. The highest BCUT2D eigenvalue weighted by atomic mass is 16.3. The zero-order valence-corrected chi connectivity index (χ0v) is 25.4. The monoisotopic (exact) mass is 512 g/mol. The molecule has 0 atom stereocenters. The van der Waals surface area contributed by atoms with Crippen molar-refractivity contribution in [3.8, 4) is 0 Å². The van der Waals surface area contributed by atoms with Gasteiger partial charge in [0.2, 0.25) is 0 Å². The molecule has 0 saturated carbocycles. The van der Waals surface area contributed by atoms with Gasteiger partial charge in [-0.1, -0.05) is 119 Å². The van der Waals surface area contributed by atoms with E-state index in [-0.39, 0.29) is 21.7 Å². The van der Waals surface area contributed by atoms with Gasteiger partial charge in [0.25, 0.3) is 0 Å². The van der Waals surface area contributed by atoms with Crippen LogP contribution in [0.3, 0.4) is 0 Å². The summed E-state index contributed by atoms with van der Waals surface area (Å²) in [5, 5.41) is 45.0. The van der Waals surface area contributed by atoms with E-state index in [1.807, 2.05) is 24.3 Å². The molecule has 2 aromatic rings. The second-order valence-electron chi connectivity index (χ2n) is 15.1. The van der Waals surface area contributed by atoms with Crippen molar-refractivity contribution < 1.29 is 20.4 Å². The van der Waals surface area contributed by atoms with Crippen LogP contribution in [0.15, 0.2) is 36.4 Å². The van der Waals surface area contributed by atoms with Gasteiger partial charge >= 0.3 is 0 Å². The number of hydrogen-bond donors (Lipinski definition) is 4. The number of rotatable bonds is 6. The molecule has 0 saturated heterocycles. The van der Waals surface area contributed by atoms with Crippen LogP contribution in [0.5, 0.6) is 0 Å². The molecule has 0 bridgehead atoms. The van der Waals surface area contributed by atoms with Crippen LogP contribution < -0.4 is 0 Å². The number of aliphatic hydroxyl groups is 4. The average Bonchev–Trinajstić information content (AvgIpc) is 2.77. The highest BCUT2D eigenvalue weighted by molar-refractivity contribution is 5.49. The number of benzene rings is 2.